The fourth-order valence-electron chi connectivity index (χ4n) is 4.06. The van der Waals surface area contributed by atoms with Crippen molar-refractivity contribution in [1.82, 2.24) is 24.6 Å². The van der Waals surface area contributed by atoms with Gasteiger partial charge in [-0.3, -0.25) is 0 Å². The minimum atomic E-state index is 0.206. The van der Waals surface area contributed by atoms with Gasteiger partial charge in [0.2, 0.25) is 0 Å². The van der Waals surface area contributed by atoms with Gasteiger partial charge in [-0.25, -0.2) is 14.6 Å². The number of fused-ring (bicyclic) bond motifs is 1. The molecule has 0 bridgehead atoms. The van der Waals surface area contributed by atoms with Crippen LogP contribution >= 0.6 is 0 Å². The maximum Gasteiger partial charge on any atom is 0.162 e. The van der Waals surface area contributed by atoms with Crippen LogP contribution < -0.4 is 4.74 Å². The van der Waals surface area contributed by atoms with E-state index in [1.54, 1.807) is 6.33 Å². The summed E-state index contributed by atoms with van der Waals surface area (Å²) in [7, 11) is 0. The second-order valence-corrected chi connectivity index (χ2v) is 7.70. The Morgan fingerprint density at radius 1 is 1.09 bits per heavy atom. The van der Waals surface area contributed by atoms with Crippen LogP contribution in [-0.2, 0) is 0 Å². The quantitative estimate of drug-likeness (QED) is 0.421. The van der Waals surface area contributed by atoms with Gasteiger partial charge in [0.05, 0.1) is 17.1 Å². The van der Waals surface area contributed by atoms with Gasteiger partial charge in [0.25, 0.3) is 0 Å². The third-order valence-corrected chi connectivity index (χ3v) is 5.64. The van der Waals surface area contributed by atoms with Crippen LogP contribution in [0.1, 0.15) is 19.4 Å². The molecule has 0 amide bonds. The van der Waals surface area contributed by atoms with Crippen molar-refractivity contribution in [3.05, 3.63) is 79.4 Å². The van der Waals surface area contributed by atoms with E-state index in [0.29, 0.717) is 0 Å². The summed E-state index contributed by atoms with van der Waals surface area (Å²) in [6.07, 6.45) is 4.38. The van der Waals surface area contributed by atoms with Gasteiger partial charge in [0.15, 0.2) is 5.65 Å². The van der Waals surface area contributed by atoms with Crippen molar-refractivity contribution in [3.63, 3.8) is 0 Å². The highest BCUT2D eigenvalue weighted by atomic mass is 16.5. The standard InChI is InChI=1S/C26H23N5O/c1-3-7-19(2)30-15-14-21(17-30)31-26-24(16-27-18-28-26)25(29-31)20-10-12-23(13-11-20)32-22-8-5-4-6-9-22/h4-6,8-13,16,18,21H,2,14-15,17H2,1H3. The Morgan fingerprint density at radius 2 is 1.88 bits per heavy atom. The molecule has 2 aromatic carbocycles. The van der Waals surface area contributed by atoms with Crippen LogP contribution in [0.15, 0.2) is 79.4 Å². The fourth-order valence-corrected chi connectivity index (χ4v) is 4.06. The first kappa shape index (κ1) is 19.8. The van der Waals surface area contributed by atoms with E-state index in [0.717, 1.165) is 59.0 Å². The lowest BCUT2D eigenvalue weighted by atomic mass is 10.1. The summed E-state index contributed by atoms with van der Waals surface area (Å²) in [5.74, 6) is 7.58. The van der Waals surface area contributed by atoms with Crippen LogP contribution in [0, 0.1) is 11.8 Å². The summed E-state index contributed by atoms with van der Waals surface area (Å²) < 4.78 is 7.96. The van der Waals surface area contributed by atoms with E-state index in [1.807, 2.05) is 72.4 Å². The molecule has 4 aromatic rings. The highest BCUT2D eigenvalue weighted by molar-refractivity contribution is 5.90. The maximum atomic E-state index is 5.92. The molecule has 0 aliphatic carbocycles. The Morgan fingerprint density at radius 3 is 2.66 bits per heavy atom. The van der Waals surface area contributed by atoms with Crippen molar-refractivity contribution in [2.75, 3.05) is 13.1 Å². The van der Waals surface area contributed by atoms with Gasteiger partial charge in [-0.15, -0.1) is 0 Å². The number of nitrogens with zero attached hydrogens (tertiary/aromatic N) is 5. The summed E-state index contributed by atoms with van der Waals surface area (Å²) in [6, 6.07) is 17.9. The summed E-state index contributed by atoms with van der Waals surface area (Å²) in [5.41, 5.74) is 3.58. The van der Waals surface area contributed by atoms with Gasteiger partial charge in [-0.2, -0.15) is 5.10 Å². The van der Waals surface area contributed by atoms with Gasteiger partial charge < -0.3 is 9.64 Å². The van der Waals surface area contributed by atoms with Crippen molar-refractivity contribution in [2.45, 2.75) is 19.4 Å². The molecule has 1 atom stereocenters. The summed E-state index contributed by atoms with van der Waals surface area (Å²) in [5, 5.41) is 5.92. The van der Waals surface area contributed by atoms with E-state index in [9.17, 15) is 0 Å². The van der Waals surface area contributed by atoms with Gasteiger partial charge in [-0.1, -0.05) is 36.6 Å². The molecule has 158 valence electrons. The van der Waals surface area contributed by atoms with Crippen LogP contribution in [-0.4, -0.2) is 37.7 Å². The monoisotopic (exact) mass is 421 g/mol. The van der Waals surface area contributed by atoms with E-state index < -0.39 is 0 Å². The van der Waals surface area contributed by atoms with E-state index >= 15 is 0 Å². The lowest BCUT2D eigenvalue weighted by molar-refractivity contribution is 0.407. The van der Waals surface area contributed by atoms with Crippen molar-refractivity contribution in [2.24, 2.45) is 0 Å². The number of hydrogen-bond acceptors (Lipinski definition) is 5. The Bertz CT molecular complexity index is 1320. The van der Waals surface area contributed by atoms with Crippen molar-refractivity contribution in [3.8, 4) is 34.6 Å². The first-order chi connectivity index (χ1) is 15.7. The number of rotatable bonds is 5. The number of hydrogen-bond donors (Lipinski definition) is 0. The number of para-hydroxylation sites is 1. The van der Waals surface area contributed by atoms with Crippen LogP contribution in [0.25, 0.3) is 22.3 Å². The molecule has 6 nitrogen and oxygen atoms in total. The predicted octanol–water partition coefficient (Wildman–Crippen LogP) is 5.07. The molecule has 0 saturated carbocycles. The number of ether oxygens (including phenoxy) is 1. The Kier molecular flexibility index (Phi) is 5.30. The molecule has 1 aliphatic rings. The average Bonchev–Trinajstić information content (AvgIpc) is 3.46. The molecule has 1 unspecified atom stereocenters. The van der Waals surface area contributed by atoms with Crippen molar-refractivity contribution < 1.29 is 4.74 Å². The van der Waals surface area contributed by atoms with E-state index in [-0.39, 0.29) is 6.04 Å². The molecular weight excluding hydrogens is 398 g/mol. The predicted molar refractivity (Wildman–Crippen MR) is 125 cm³/mol. The Balaban J connectivity index is 1.44. The largest absolute Gasteiger partial charge is 0.457 e. The fraction of sp³-hybridized carbons (Fsp3) is 0.192. The van der Waals surface area contributed by atoms with Crippen molar-refractivity contribution in [1.29, 1.82) is 0 Å². The molecule has 0 N–H and O–H groups in total. The van der Waals surface area contributed by atoms with Crippen LogP contribution in [0.3, 0.4) is 0 Å². The van der Waals surface area contributed by atoms with Gasteiger partial charge in [-0.05, 0) is 49.7 Å². The van der Waals surface area contributed by atoms with Crippen molar-refractivity contribution >= 4 is 11.0 Å². The zero-order valence-corrected chi connectivity index (χ0v) is 17.9. The number of allylic oxidation sites excluding steroid dienone is 1. The smallest absolute Gasteiger partial charge is 0.162 e. The molecule has 1 fully saturated rings. The maximum absolute atomic E-state index is 5.92. The lowest BCUT2D eigenvalue weighted by Gasteiger charge is -2.17. The normalized spacial score (nSPS) is 15.4. The Labute approximate surface area is 187 Å². The minimum absolute atomic E-state index is 0.206. The van der Waals surface area contributed by atoms with E-state index in [4.69, 9.17) is 9.84 Å². The third-order valence-electron chi connectivity index (χ3n) is 5.64. The average molecular weight is 422 g/mol. The molecule has 32 heavy (non-hydrogen) atoms. The highest BCUT2D eigenvalue weighted by Crippen LogP contribution is 2.33. The zero-order chi connectivity index (χ0) is 21.9. The minimum Gasteiger partial charge on any atom is -0.457 e. The van der Waals surface area contributed by atoms with Crippen LogP contribution in [0.2, 0.25) is 0 Å². The molecule has 3 heterocycles. The molecule has 1 aliphatic heterocycles. The first-order valence-corrected chi connectivity index (χ1v) is 10.6. The summed E-state index contributed by atoms with van der Waals surface area (Å²) >= 11 is 0. The highest BCUT2D eigenvalue weighted by Gasteiger charge is 2.28. The first-order valence-electron chi connectivity index (χ1n) is 10.6. The van der Waals surface area contributed by atoms with Gasteiger partial charge in [0.1, 0.15) is 23.5 Å². The molecule has 2 aromatic heterocycles. The number of aromatic nitrogens is 4. The van der Waals surface area contributed by atoms with Crippen LogP contribution in [0.4, 0.5) is 0 Å². The number of benzene rings is 2. The molecule has 1 saturated heterocycles. The molecule has 0 radical (unpaired) electrons. The Hall–Kier alpha value is -4.11. The molecular formula is C26H23N5O. The summed E-state index contributed by atoms with van der Waals surface area (Å²) in [4.78, 5) is 11.0. The molecule has 5 rings (SSSR count). The SMILES string of the molecule is C=C(C#CC)N1CCC(n2nc(-c3ccc(Oc4ccccc4)cc3)c3cncnc32)C1. The molecule has 6 heteroatoms. The topological polar surface area (TPSA) is 56.1 Å². The van der Waals surface area contributed by atoms with Crippen LogP contribution in [0.5, 0.6) is 11.5 Å². The second kappa shape index (κ2) is 8.56. The summed E-state index contributed by atoms with van der Waals surface area (Å²) in [6.45, 7) is 7.65. The van der Waals surface area contributed by atoms with Gasteiger partial charge >= 0.3 is 0 Å². The second-order valence-electron chi connectivity index (χ2n) is 7.70. The number of likely N-dealkylation sites (tertiary alicyclic amines) is 1. The lowest BCUT2D eigenvalue weighted by Crippen LogP contribution is -2.20. The zero-order valence-electron chi connectivity index (χ0n) is 17.9. The third kappa shape index (κ3) is 3.81. The van der Waals surface area contributed by atoms with Gasteiger partial charge in [0, 0.05) is 24.8 Å². The van der Waals surface area contributed by atoms with E-state index in [2.05, 4.69) is 33.3 Å². The molecule has 0 spiro atoms. The van der Waals surface area contributed by atoms with E-state index in [1.165, 1.54) is 0 Å².